The average molecular weight is 663 g/mol. The van der Waals surface area contributed by atoms with Crippen LogP contribution in [-0.2, 0) is 4.57 Å². The standard InChI is InChI=1S/2C9H7BrN2O2.Cl3OP/c2*1-14-8-3-7-5(2-6(8)10)4-11-9(13)12-7;1-5(2,3)4/h2*2-4H,1H3,(H,11,12,13);. The molecule has 4 rings (SSSR count). The van der Waals surface area contributed by atoms with E-state index in [9.17, 15) is 14.2 Å². The van der Waals surface area contributed by atoms with Crippen LogP contribution in [0.3, 0.4) is 0 Å². The Balaban J connectivity index is 0.000000195. The first-order chi connectivity index (χ1) is 15.4. The molecule has 0 spiro atoms. The van der Waals surface area contributed by atoms with Gasteiger partial charge in [0.05, 0.1) is 34.2 Å². The van der Waals surface area contributed by atoms with Gasteiger partial charge in [0.25, 0.3) is 0 Å². The Morgan fingerprint density at radius 1 is 0.788 bits per heavy atom. The Morgan fingerprint density at radius 2 is 1.12 bits per heavy atom. The molecule has 0 fully saturated rings. The zero-order valence-corrected chi connectivity index (χ0v) is 23.1. The molecule has 0 unspecified atom stereocenters. The lowest BCUT2D eigenvalue weighted by Crippen LogP contribution is -2.08. The second kappa shape index (κ2) is 12.2. The number of benzene rings is 2. The Morgan fingerprint density at radius 3 is 1.42 bits per heavy atom. The smallest absolute Gasteiger partial charge is 0.345 e. The molecule has 9 nitrogen and oxygen atoms in total. The van der Waals surface area contributed by atoms with E-state index in [1.807, 2.05) is 12.1 Å². The highest BCUT2D eigenvalue weighted by Crippen LogP contribution is 2.61. The number of hydrogen-bond donors (Lipinski definition) is 2. The number of rotatable bonds is 2. The van der Waals surface area contributed by atoms with Crippen molar-refractivity contribution < 1.29 is 14.0 Å². The SMILES string of the molecule is COc1cc2[nH]c(=O)ncc2cc1Br.COc1cc2[nH]c(=O)ncc2cc1Br.O=P(Cl)(Cl)Cl. The van der Waals surface area contributed by atoms with Gasteiger partial charge >= 0.3 is 16.6 Å². The van der Waals surface area contributed by atoms with E-state index in [-0.39, 0.29) is 11.4 Å². The van der Waals surface area contributed by atoms with Gasteiger partial charge in [0.1, 0.15) is 11.5 Å². The molecular formula is C18H14Br2Cl3N4O5P. The minimum atomic E-state index is -3.22. The lowest BCUT2D eigenvalue weighted by molar-refractivity contribution is 0.412. The number of ether oxygens (including phenoxy) is 2. The molecule has 0 amide bonds. The summed E-state index contributed by atoms with van der Waals surface area (Å²) in [5, 5.41) is -1.51. The van der Waals surface area contributed by atoms with Crippen molar-refractivity contribution in [2.75, 3.05) is 14.2 Å². The van der Waals surface area contributed by atoms with E-state index in [0.29, 0.717) is 22.5 Å². The van der Waals surface area contributed by atoms with E-state index in [1.165, 1.54) is 12.4 Å². The van der Waals surface area contributed by atoms with E-state index in [1.54, 1.807) is 26.4 Å². The summed E-state index contributed by atoms with van der Waals surface area (Å²) in [4.78, 5) is 34.4. The maximum atomic E-state index is 10.9. The predicted octanol–water partition coefficient (Wildman–Crippen LogP) is 6.20. The zero-order valence-electron chi connectivity index (χ0n) is 16.7. The lowest BCUT2D eigenvalue weighted by atomic mass is 10.2. The van der Waals surface area contributed by atoms with Gasteiger partial charge in [0.2, 0.25) is 0 Å². The third-order valence-corrected chi connectivity index (χ3v) is 5.01. The van der Waals surface area contributed by atoms with Gasteiger partial charge in [0.15, 0.2) is 0 Å². The molecule has 0 aliphatic carbocycles. The highest BCUT2D eigenvalue weighted by molar-refractivity contribution is 9.11. The monoisotopic (exact) mass is 660 g/mol. The molecule has 176 valence electrons. The minimum absolute atomic E-state index is 0.359. The molecular weight excluding hydrogens is 649 g/mol. The maximum Gasteiger partial charge on any atom is 0.345 e. The van der Waals surface area contributed by atoms with Crippen molar-refractivity contribution in [1.82, 2.24) is 19.9 Å². The summed E-state index contributed by atoms with van der Waals surface area (Å²) in [7, 11) is 3.15. The van der Waals surface area contributed by atoms with Crippen molar-refractivity contribution in [3.05, 3.63) is 66.6 Å². The summed E-state index contributed by atoms with van der Waals surface area (Å²) in [6.07, 6.45) is 3.05. The van der Waals surface area contributed by atoms with Gasteiger partial charge in [-0.15, -0.1) is 0 Å². The largest absolute Gasteiger partial charge is 0.495 e. The number of nitrogens with one attached hydrogen (secondary N) is 2. The number of H-pyrrole nitrogens is 2. The van der Waals surface area contributed by atoms with E-state index >= 15 is 0 Å². The first kappa shape index (κ1) is 27.6. The van der Waals surface area contributed by atoms with Crippen LogP contribution in [0.5, 0.6) is 11.5 Å². The van der Waals surface area contributed by atoms with E-state index < -0.39 is 5.20 Å². The number of nitrogens with zero attached hydrogens (tertiary/aromatic N) is 2. The Kier molecular flexibility index (Phi) is 10.2. The molecule has 2 aromatic carbocycles. The van der Waals surface area contributed by atoms with Crippen molar-refractivity contribution in [3.63, 3.8) is 0 Å². The topological polar surface area (TPSA) is 127 Å². The first-order valence-electron chi connectivity index (χ1n) is 8.55. The summed E-state index contributed by atoms with van der Waals surface area (Å²) in [5.74, 6) is 1.36. The van der Waals surface area contributed by atoms with Gasteiger partial charge in [0, 0.05) is 35.3 Å². The molecule has 4 aromatic rings. The van der Waals surface area contributed by atoms with Crippen molar-refractivity contribution in [3.8, 4) is 11.5 Å². The Hall–Kier alpha value is -1.62. The predicted molar refractivity (Wildman–Crippen MR) is 138 cm³/mol. The van der Waals surface area contributed by atoms with E-state index in [0.717, 1.165) is 19.7 Å². The molecule has 0 aliphatic heterocycles. The van der Waals surface area contributed by atoms with Crippen LogP contribution in [0.1, 0.15) is 0 Å². The second-order valence-corrected chi connectivity index (χ2v) is 14.3. The number of aromatic amines is 2. The van der Waals surface area contributed by atoms with E-state index in [4.69, 9.17) is 9.47 Å². The number of halogens is 5. The molecule has 0 saturated carbocycles. The van der Waals surface area contributed by atoms with Crippen LogP contribution in [0.25, 0.3) is 21.8 Å². The van der Waals surface area contributed by atoms with Crippen LogP contribution in [0.15, 0.2) is 55.2 Å². The number of aromatic nitrogens is 4. The molecule has 2 N–H and O–H groups in total. The van der Waals surface area contributed by atoms with Crippen LogP contribution in [0.2, 0.25) is 0 Å². The molecule has 0 bridgehead atoms. The summed E-state index contributed by atoms with van der Waals surface area (Å²) in [5.41, 5.74) is 0.707. The van der Waals surface area contributed by atoms with Crippen molar-refractivity contribution in [2.45, 2.75) is 0 Å². The van der Waals surface area contributed by atoms with Crippen LogP contribution in [0, 0.1) is 0 Å². The molecule has 33 heavy (non-hydrogen) atoms. The van der Waals surface area contributed by atoms with Gasteiger partial charge in [-0.2, -0.15) is 0 Å². The fourth-order valence-electron chi connectivity index (χ4n) is 2.43. The maximum absolute atomic E-state index is 10.9. The molecule has 0 atom stereocenters. The number of methoxy groups -OCH3 is 2. The van der Waals surface area contributed by atoms with Gasteiger partial charge in [-0.1, -0.05) is 0 Å². The highest BCUT2D eigenvalue weighted by Gasteiger charge is 2.04. The normalized spacial score (nSPS) is 10.6. The fraction of sp³-hybridized carbons (Fsp3) is 0.111. The molecule has 2 heterocycles. The van der Waals surface area contributed by atoms with Crippen molar-refractivity contribution >= 4 is 92.6 Å². The summed E-state index contributed by atoms with van der Waals surface area (Å²) >= 11 is 20.6. The second-order valence-electron chi connectivity index (χ2n) is 5.92. The molecule has 0 aliphatic rings. The quantitative estimate of drug-likeness (QED) is 0.245. The van der Waals surface area contributed by atoms with Crippen LogP contribution in [-0.4, -0.2) is 34.2 Å². The third kappa shape index (κ3) is 8.92. The van der Waals surface area contributed by atoms with Crippen LogP contribution >= 0.6 is 70.8 Å². The first-order valence-corrected chi connectivity index (χ1v) is 14.6. The average Bonchev–Trinajstić information content (AvgIpc) is 2.72. The minimum Gasteiger partial charge on any atom is -0.495 e. The molecule has 15 heteroatoms. The van der Waals surface area contributed by atoms with Gasteiger partial charge in [-0.05, 0) is 77.7 Å². The van der Waals surface area contributed by atoms with Crippen LogP contribution < -0.4 is 20.9 Å². The summed E-state index contributed by atoms with van der Waals surface area (Å²) < 4.78 is 21.4. The highest BCUT2D eigenvalue weighted by atomic mass is 79.9. The summed E-state index contributed by atoms with van der Waals surface area (Å²) in [6.45, 7) is 0. The lowest BCUT2D eigenvalue weighted by Gasteiger charge is -2.04. The number of fused-ring (bicyclic) bond motifs is 2. The van der Waals surface area contributed by atoms with Gasteiger partial charge in [-0.3, -0.25) is 4.57 Å². The summed E-state index contributed by atoms with van der Waals surface area (Å²) in [6, 6.07) is 7.19. The molecule has 0 saturated heterocycles. The molecule has 2 aromatic heterocycles. The fourth-order valence-corrected chi connectivity index (χ4v) is 3.48. The van der Waals surface area contributed by atoms with E-state index in [2.05, 4.69) is 85.5 Å². The zero-order chi connectivity index (χ0) is 24.8. The van der Waals surface area contributed by atoms with Crippen molar-refractivity contribution in [1.29, 1.82) is 0 Å². The number of hydrogen-bond acceptors (Lipinski definition) is 7. The van der Waals surface area contributed by atoms with Gasteiger partial charge in [-0.25, -0.2) is 19.6 Å². The Bertz CT molecular complexity index is 1340. The Labute approximate surface area is 217 Å². The van der Waals surface area contributed by atoms with Crippen molar-refractivity contribution in [2.24, 2.45) is 0 Å². The third-order valence-electron chi connectivity index (χ3n) is 3.77. The van der Waals surface area contributed by atoms with Gasteiger partial charge < -0.3 is 19.4 Å². The van der Waals surface area contributed by atoms with Crippen LogP contribution in [0.4, 0.5) is 0 Å². The molecule has 0 radical (unpaired) electrons.